The van der Waals surface area contributed by atoms with E-state index < -0.39 is 0 Å². The maximum atomic E-state index is 12.3. The van der Waals surface area contributed by atoms with Crippen molar-refractivity contribution in [2.75, 3.05) is 46.2 Å². The molecule has 0 saturated heterocycles. The molecule has 0 aliphatic carbocycles. The van der Waals surface area contributed by atoms with Crippen LogP contribution < -0.4 is 10.2 Å². The van der Waals surface area contributed by atoms with Gasteiger partial charge >= 0.3 is 0 Å². The zero-order valence-corrected chi connectivity index (χ0v) is 18.9. The lowest BCUT2D eigenvalue weighted by Gasteiger charge is -2.12. The molecule has 2 heterocycles. The first kappa shape index (κ1) is 21.5. The van der Waals surface area contributed by atoms with Gasteiger partial charge < -0.3 is 15.1 Å². The Bertz CT molecular complexity index is 1210. The smallest absolute Gasteiger partial charge is 0.251 e. The molecule has 0 bridgehead atoms. The van der Waals surface area contributed by atoms with Crippen LogP contribution >= 0.6 is 0 Å². The van der Waals surface area contributed by atoms with E-state index in [9.17, 15) is 4.79 Å². The van der Waals surface area contributed by atoms with Gasteiger partial charge in [-0.15, -0.1) is 0 Å². The molecule has 7 heteroatoms. The molecule has 2 aromatic carbocycles. The van der Waals surface area contributed by atoms with Gasteiger partial charge in [-0.2, -0.15) is 0 Å². The SMILES string of the molecule is CN(C)CCNC(=O)c1ccc(-c2cn3c(-c4ccc(N(C)C)cc4)cnc3cn2)cc1. The fourth-order valence-corrected chi connectivity index (χ4v) is 3.47. The van der Waals surface area contributed by atoms with Crippen LogP contribution in [-0.2, 0) is 0 Å². The molecule has 0 aliphatic rings. The van der Waals surface area contributed by atoms with Crippen LogP contribution in [0.4, 0.5) is 5.69 Å². The summed E-state index contributed by atoms with van der Waals surface area (Å²) in [6.45, 7) is 1.42. The lowest BCUT2D eigenvalue weighted by molar-refractivity contribution is 0.0951. The van der Waals surface area contributed by atoms with Gasteiger partial charge in [0.2, 0.25) is 0 Å². The minimum Gasteiger partial charge on any atom is -0.378 e. The van der Waals surface area contributed by atoms with Crippen LogP contribution in [0, 0.1) is 0 Å². The van der Waals surface area contributed by atoms with Crippen molar-refractivity contribution in [2.24, 2.45) is 0 Å². The summed E-state index contributed by atoms with van der Waals surface area (Å²) in [5, 5.41) is 2.94. The molecule has 4 aromatic rings. The van der Waals surface area contributed by atoms with Gasteiger partial charge in [-0.3, -0.25) is 14.2 Å². The van der Waals surface area contributed by atoms with Crippen LogP contribution in [-0.4, -0.2) is 66.5 Å². The number of aromatic nitrogens is 3. The molecule has 7 nitrogen and oxygen atoms in total. The zero-order valence-electron chi connectivity index (χ0n) is 18.9. The van der Waals surface area contributed by atoms with Crippen LogP contribution in [0.1, 0.15) is 10.4 Å². The number of carbonyl (C=O) groups is 1. The standard InChI is InChI=1S/C25H28N6O/c1-29(2)14-13-26-25(32)20-7-5-18(6-8-20)22-17-31-23(15-28-24(31)16-27-22)19-9-11-21(12-10-19)30(3)4/h5-12,15-17H,13-14H2,1-4H3,(H,26,32). The highest BCUT2D eigenvalue weighted by Gasteiger charge is 2.10. The fourth-order valence-electron chi connectivity index (χ4n) is 3.47. The predicted octanol–water partition coefficient (Wildman–Crippen LogP) is 3.42. The summed E-state index contributed by atoms with van der Waals surface area (Å²) in [7, 11) is 8.02. The largest absolute Gasteiger partial charge is 0.378 e. The van der Waals surface area contributed by atoms with Gasteiger partial charge in [-0.25, -0.2) is 4.98 Å². The third-order valence-corrected chi connectivity index (χ3v) is 5.36. The van der Waals surface area contributed by atoms with Gasteiger partial charge in [0, 0.05) is 55.8 Å². The van der Waals surface area contributed by atoms with E-state index in [4.69, 9.17) is 0 Å². The fraction of sp³-hybridized carbons (Fsp3) is 0.240. The van der Waals surface area contributed by atoms with Crippen LogP contribution in [0.25, 0.3) is 28.2 Å². The molecule has 0 unspecified atom stereocenters. The number of nitrogens with zero attached hydrogens (tertiary/aromatic N) is 5. The lowest BCUT2D eigenvalue weighted by atomic mass is 10.1. The normalized spacial score (nSPS) is 11.2. The number of hydrogen-bond acceptors (Lipinski definition) is 5. The number of nitrogens with one attached hydrogen (secondary N) is 1. The predicted molar refractivity (Wildman–Crippen MR) is 129 cm³/mol. The Labute approximate surface area is 188 Å². The van der Waals surface area contributed by atoms with Crippen molar-refractivity contribution in [3.63, 3.8) is 0 Å². The van der Waals surface area contributed by atoms with Gasteiger partial charge in [-0.05, 0) is 38.4 Å². The summed E-state index contributed by atoms with van der Waals surface area (Å²) in [5.41, 5.74) is 6.43. The van der Waals surface area contributed by atoms with Crippen molar-refractivity contribution in [3.05, 3.63) is 72.7 Å². The van der Waals surface area contributed by atoms with E-state index in [0.717, 1.165) is 40.4 Å². The highest BCUT2D eigenvalue weighted by atomic mass is 16.1. The number of rotatable bonds is 7. The Morgan fingerprint density at radius 2 is 1.59 bits per heavy atom. The molecule has 1 N–H and O–H groups in total. The van der Waals surface area contributed by atoms with Crippen LogP contribution in [0.15, 0.2) is 67.1 Å². The minimum atomic E-state index is -0.0696. The highest BCUT2D eigenvalue weighted by molar-refractivity contribution is 5.94. The molecule has 4 rings (SSSR count). The molecule has 0 aliphatic heterocycles. The average Bonchev–Trinajstić information content (AvgIpc) is 3.22. The first-order chi connectivity index (χ1) is 15.4. The summed E-state index contributed by atoms with van der Waals surface area (Å²) >= 11 is 0. The van der Waals surface area contributed by atoms with E-state index in [2.05, 4.69) is 48.9 Å². The monoisotopic (exact) mass is 428 g/mol. The van der Waals surface area contributed by atoms with Gasteiger partial charge in [0.05, 0.1) is 23.8 Å². The molecule has 0 radical (unpaired) electrons. The Balaban J connectivity index is 1.57. The second-order valence-electron chi connectivity index (χ2n) is 8.22. The number of anilines is 1. The van der Waals surface area contributed by atoms with Crippen molar-refractivity contribution in [1.82, 2.24) is 24.6 Å². The van der Waals surface area contributed by atoms with Crippen molar-refractivity contribution in [2.45, 2.75) is 0 Å². The number of hydrogen-bond donors (Lipinski definition) is 1. The Kier molecular flexibility index (Phi) is 6.18. The molecular weight excluding hydrogens is 400 g/mol. The summed E-state index contributed by atoms with van der Waals surface area (Å²) in [6.07, 6.45) is 5.63. The van der Waals surface area contributed by atoms with Gasteiger partial charge in [-0.1, -0.05) is 24.3 Å². The van der Waals surface area contributed by atoms with E-state index in [-0.39, 0.29) is 5.91 Å². The Morgan fingerprint density at radius 3 is 2.25 bits per heavy atom. The maximum absolute atomic E-state index is 12.3. The summed E-state index contributed by atoms with van der Waals surface area (Å²) in [4.78, 5) is 25.5. The second kappa shape index (κ2) is 9.20. The van der Waals surface area contributed by atoms with Crippen molar-refractivity contribution in [1.29, 1.82) is 0 Å². The number of fused-ring (bicyclic) bond motifs is 1. The number of likely N-dealkylation sites (N-methyl/N-ethyl adjacent to an activating group) is 1. The van der Waals surface area contributed by atoms with E-state index in [1.54, 1.807) is 6.20 Å². The Morgan fingerprint density at radius 1 is 0.906 bits per heavy atom. The summed E-state index contributed by atoms with van der Waals surface area (Å²) < 4.78 is 2.05. The topological polar surface area (TPSA) is 65.8 Å². The third kappa shape index (κ3) is 4.63. The Hall–Kier alpha value is -3.71. The second-order valence-corrected chi connectivity index (χ2v) is 8.22. The summed E-state index contributed by atoms with van der Waals surface area (Å²) in [5.74, 6) is -0.0696. The molecule has 0 spiro atoms. The molecule has 164 valence electrons. The van der Waals surface area contributed by atoms with Crippen LogP contribution in [0.3, 0.4) is 0 Å². The molecule has 32 heavy (non-hydrogen) atoms. The van der Waals surface area contributed by atoms with E-state index in [1.165, 1.54) is 0 Å². The summed E-state index contributed by atoms with van der Waals surface area (Å²) in [6, 6.07) is 15.9. The number of benzene rings is 2. The third-order valence-electron chi connectivity index (χ3n) is 5.36. The number of amides is 1. The van der Waals surface area contributed by atoms with E-state index in [1.807, 2.05) is 69.7 Å². The van der Waals surface area contributed by atoms with Crippen LogP contribution in [0.5, 0.6) is 0 Å². The molecular formula is C25H28N6O. The molecule has 2 aromatic heterocycles. The van der Waals surface area contributed by atoms with Crippen molar-refractivity contribution in [3.8, 4) is 22.5 Å². The van der Waals surface area contributed by atoms with E-state index >= 15 is 0 Å². The molecule has 1 amide bonds. The zero-order chi connectivity index (χ0) is 22.7. The van der Waals surface area contributed by atoms with Gasteiger partial charge in [0.25, 0.3) is 5.91 Å². The van der Waals surface area contributed by atoms with Gasteiger partial charge in [0.1, 0.15) is 0 Å². The van der Waals surface area contributed by atoms with Crippen LogP contribution in [0.2, 0.25) is 0 Å². The molecule has 0 atom stereocenters. The molecule has 0 saturated carbocycles. The van der Waals surface area contributed by atoms with Crippen molar-refractivity contribution >= 4 is 17.2 Å². The van der Waals surface area contributed by atoms with Gasteiger partial charge in [0.15, 0.2) is 5.65 Å². The average molecular weight is 429 g/mol. The van der Waals surface area contributed by atoms with Crippen molar-refractivity contribution < 1.29 is 4.79 Å². The maximum Gasteiger partial charge on any atom is 0.251 e. The first-order valence-corrected chi connectivity index (χ1v) is 10.6. The highest BCUT2D eigenvalue weighted by Crippen LogP contribution is 2.25. The minimum absolute atomic E-state index is 0.0696. The quantitative estimate of drug-likeness (QED) is 0.489. The molecule has 0 fully saturated rings. The van der Waals surface area contributed by atoms with E-state index in [0.29, 0.717) is 12.1 Å². The number of imidazole rings is 1. The lowest BCUT2D eigenvalue weighted by Crippen LogP contribution is -2.31. The number of carbonyl (C=O) groups excluding carboxylic acids is 1. The first-order valence-electron chi connectivity index (χ1n) is 10.6.